The Balaban J connectivity index is 0.000000480. The summed E-state index contributed by atoms with van der Waals surface area (Å²) in [7, 11) is 0. The van der Waals surface area contributed by atoms with Crippen LogP contribution in [0.1, 0.15) is 213 Å². The van der Waals surface area contributed by atoms with E-state index in [-0.39, 0.29) is 50.2 Å². The van der Waals surface area contributed by atoms with Crippen LogP contribution in [0.4, 0.5) is 0 Å². The third kappa shape index (κ3) is 19.9. The summed E-state index contributed by atoms with van der Waals surface area (Å²) in [6.07, 6.45) is 4.32. The highest BCUT2D eigenvalue weighted by molar-refractivity contribution is 6.41. The van der Waals surface area contributed by atoms with Crippen LogP contribution in [0, 0.1) is 48.5 Å². The molecule has 0 fully saturated rings. The van der Waals surface area contributed by atoms with Gasteiger partial charge in [-0.3, -0.25) is 9.36 Å². The van der Waals surface area contributed by atoms with E-state index in [0.29, 0.717) is 5.69 Å². The molecular formula is C65H106N12O3. The van der Waals surface area contributed by atoms with Crippen LogP contribution in [0.5, 0.6) is 0 Å². The fraction of sp³-hybridized carbons (Fsp3) is 0.585. The topological polar surface area (TPSA) is 151 Å². The summed E-state index contributed by atoms with van der Waals surface area (Å²) in [6, 6.07) is 3.71. The van der Waals surface area contributed by atoms with Gasteiger partial charge in [0.25, 0.3) is 5.56 Å². The van der Waals surface area contributed by atoms with Gasteiger partial charge >= 0.3 is 11.4 Å². The number of hydrazone groups is 1. The van der Waals surface area contributed by atoms with Crippen molar-refractivity contribution < 1.29 is 0 Å². The van der Waals surface area contributed by atoms with Crippen LogP contribution in [0.3, 0.4) is 0 Å². The molecule has 15 nitrogen and oxygen atoms in total. The molecule has 0 N–H and O–H groups in total. The fourth-order valence-corrected chi connectivity index (χ4v) is 9.27. The molecule has 3 aliphatic heterocycles. The predicted octanol–water partition coefficient (Wildman–Crippen LogP) is 14.4. The van der Waals surface area contributed by atoms with Gasteiger partial charge in [-0.15, -0.1) is 0 Å². The SMILES string of the molecule is C=C1C=C(C)C=C(C)N1C(C)(C)C.C=C1N=C(C)C(C)=C(C)N1C(C)(C)C.C=C1N=C(C)C(C)=NN1C(C)(C)C.Cc1cc(C)n(C(C)(C)C)c(=O)c1.Cc1nc(=O)n(C(C)(C)C)c(C)c1C.Cc1nc(=O)n(C(C)(C)C)nc1C. The van der Waals surface area contributed by atoms with Crippen molar-refractivity contribution in [1.29, 1.82) is 0 Å². The first-order chi connectivity index (χ1) is 35.8. The normalized spacial score (nSPS) is 15.2. The molecule has 3 aromatic heterocycles. The van der Waals surface area contributed by atoms with E-state index < -0.39 is 0 Å². The molecule has 0 spiro atoms. The summed E-state index contributed by atoms with van der Waals surface area (Å²) in [4.78, 5) is 55.9. The minimum atomic E-state index is -0.303. The van der Waals surface area contributed by atoms with Crippen molar-refractivity contribution in [2.24, 2.45) is 15.1 Å². The molecule has 0 amide bonds. The Labute approximate surface area is 483 Å². The fourth-order valence-electron chi connectivity index (χ4n) is 9.27. The molecule has 444 valence electrons. The zero-order valence-electron chi connectivity index (χ0n) is 56.0. The van der Waals surface area contributed by atoms with E-state index in [1.165, 1.54) is 27.2 Å². The minimum absolute atomic E-state index is 0.0482. The van der Waals surface area contributed by atoms with Gasteiger partial charge in [0.2, 0.25) is 0 Å². The number of rotatable bonds is 0. The quantitative estimate of drug-likeness (QED) is 0.214. The molecule has 0 aliphatic carbocycles. The molecule has 6 heterocycles. The number of hydrogen-bond donors (Lipinski definition) is 0. The van der Waals surface area contributed by atoms with Crippen molar-refractivity contribution in [2.75, 3.05) is 0 Å². The van der Waals surface area contributed by atoms with E-state index in [1.807, 2.05) is 140 Å². The summed E-state index contributed by atoms with van der Waals surface area (Å²) in [5, 5.41) is 10.5. The van der Waals surface area contributed by atoms with E-state index >= 15 is 0 Å². The molecule has 6 rings (SSSR count). The molecule has 0 aromatic carbocycles. The average molecular weight is 1100 g/mol. The zero-order valence-corrected chi connectivity index (χ0v) is 56.0. The molecule has 3 aromatic rings. The average Bonchev–Trinajstić information content (AvgIpc) is 3.22. The highest BCUT2D eigenvalue weighted by Gasteiger charge is 2.29. The lowest BCUT2D eigenvalue weighted by Crippen LogP contribution is -2.41. The van der Waals surface area contributed by atoms with Crippen molar-refractivity contribution in [3.8, 4) is 0 Å². The highest BCUT2D eigenvalue weighted by Crippen LogP contribution is 2.32. The van der Waals surface area contributed by atoms with Crippen molar-refractivity contribution >= 4 is 17.1 Å². The van der Waals surface area contributed by atoms with Crippen molar-refractivity contribution in [2.45, 2.75) is 255 Å². The first-order valence-electron chi connectivity index (χ1n) is 27.7. The summed E-state index contributed by atoms with van der Waals surface area (Å²) >= 11 is 0. The maximum Gasteiger partial charge on any atom is 0.364 e. The molecule has 0 radical (unpaired) electrons. The predicted molar refractivity (Wildman–Crippen MR) is 341 cm³/mol. The van der Waals surface area contributed by atoms with Gasteiger partial charge in [-0.1, -0.05) is 19.7 Å². The first-order valence-corrected chi connectivity index (χ1v) is 27.7. The standard InChI is InChI=1S/C12H20N2.C12H19N.C11H18N2O.C11H17NO.C10H17N3.C9H15N3O/c1-8-9(2)13-11(4)14(10(8)3)12(5,6)7;1-9-7-10(2)13(11(3)8-9)12(4,5)6;1-7-8(2)12-10(14)13(9(7)3)11(4,5)6;1-8-6-9(2)12(10(13)7-8)11(3,4)5;1-7-8(2)12-13(9(3)11-7)10(4,5)6;1-6-7(2)11-12(8(13)10-6)9(3,4)5/h4H2,1-3,5-7H3;7-8H,2H2,1,3-6H3;1-6H3;6-7H,1-5H3;3H2,1-2,4-6H3;1-5H3. The Kier molecular flexibility index (Phi) is 24.0. The lowest BCUT2D eigenvalue weighted by molar-refractivity contribution is 0.191. The number of hydrogen-bond acceptors (Lipinski definition) is 12. The largest absolute Gasteiger partial charge is 0.364 e. The van der Waals surface area contributed by atoms with E-state index in [2.05, 4.69) is 162 Å². The number of pyridine rings is 1. The van der Waals surface area contributed by atoms with Crippen LogP contribution in [-0.4, -0.2) is 77.4 Å². The molecule has 3 aliphatic rings. The minimum Gasteiger partial charge on any atom is -0.341 e. The van der Waals surface area contributed by atoms with Crippen LogP contribution in [0.2, 0.25) is 0 Å². The summed E-state index contributed by atoms with van der Waals surface area (Å²) in [6.45, 7) is 77.1. The van der Waals surface area contributed by atoms with E-state index in [0.717, 1.165) is 68.4 Å². The van der Waals surface area contributed by atoms with E-state index in [4.69, 9.17) is 0 Å². The second-order valence-corrected chi connectivity index (χ2v) is 27.1. The highest BCUT2D eigenvalue weighted by atomic mass is 16.2. The van der Waals surface area contributed by atoms with Gasteiger partial charge in [-0.2, -0.15) is 20.2 Å². The van der Waals surface area contributed by atoms with Crippen LogP contribution >= 0.6 is 0 Å². The zero-order chi connectivity index (χ0) is 63.1. The Morgan fingerprint density at radius 1 is 0.463 bits per heavy atom. The van der Waals surface area contributed by atoms with Crippen LogP contribution < -0.4 is 16.9 Å². The molecule has 0 unspecified atom stereocenters. The lowest BCUT2D eigenvalue weighted by atomic mass is 10.00. The van der Waals surface area contributed by atoms with Gasteiger partial charge in [0.05, 0.1) is 33.9 Å². The third-order valence-electron chi connectivity index (χ3n) is 13.2. The van der Waals surface area contributed by atoms with Gasteiger partial charge in [-0.25, -0.2) is 29.3 Å². The van der Waals surface area contributed by atoms with Gasteiger partial charge in [0.15, 0.2) is 0 Å². The Hall–Kier alpha value is -6.51. The number of aromatic nitrogens is 6. The summed E-state index contributed by atoms with van der Waals surface area (Å²) < 4.78 is 4.98. The monoisotopic (exact) mass is 1100 g/mol. The molecule has 0 bridgehead atoms. The first kappa shape index (κ1) is 71.5. The molecule has 0 atom stereocenters. The lowest BCUT2D eigenvalue weighted by Gasteiger charge is -2.41. The van der Waals surface area contributed by atoms with Crippen LogP contribution in [0.25, 0.3) is 0 Å². The van der Waals surface area contributed by atoms with Crippen molar-refractivity contribution in [1.82, 2.24) is 43.7 Å². The Morgan fingerprint density at radius 2 is 0.938 bits per heavy atom. The number of aliphatic imine (C=N–C) groups is 2. The molecular weight excluding hydrogens is 997 g/mol. The molecule has 80 heavy (non-hydrogen) atoms. The van der Waals surface area contributed by atoms with Gasteiger partial charge < -0.3 is 14.4 Å². The van der Waals surface area contributed by atoms with Crippen LogP contribution in [-0.2, 0) is 16.6 Å². The Bertz CT molecular complexity index is 3160. The molecule has 15 heteroatoms. The maximum atomic E-state index is 11.7. The second-order valence-electron chi connectivity index (χ2n) is 27.1. The van der Waals surface area contributed by atoms with Crippen molar-refractivity contribution in [3.05, 3.63) is 155 Å². The van der Waals surface area contributed by atoms with Gasteiger partial charge in [-0.05, 0) is 262 Å². The number of aryl methyl sites for hydroxylation is 5. The summed E-state index contributed by atoms with van der Waals surface area (Å²) in [5.74, 6) is 1.56. The maximum absolute atomic E-state index is 11.7. The van der Waals surface area contributed by atoms with Crippen molar-refractivity contribution in [3.63, 3.8) is 0 Å². The number of allylic oxidation sites excluding steroid dienone is 6. The van der Waals surface area contributed by atoms with Crippen LogP contribution in [0.15, 0.2) is 113 Å². The summed E-state index contributed by atoms with van der Waals surface area (Å²) in [5.41, 5.74) is 14.8. The molecule has 0 saturated carbocycles. The third-order valence-corrected chi connectivity index (χ3v) is 13.2. The smallest absolute Gasteiger partial charge is 0.341 e. The number of nitrogens with zero attached hydrogens (tertiary/aromatic N) is 12. The Morgan fingerprint density at radius 3 is 1.36 bits per heavy atom. The van der Waals surface area contributed by atoms with Gasteiger partial charge in [0.1, 0.15) is 11.6 Å². The second kappa shape index (κ2) is 26.8. The van der Waals surface area contributed by atoms with E-state index in [1.54, 1.807) is 17.6 Å². The molecule has 0 saturated heterocycles. The van der Waals surface area contributed by atoms with E-state index in [9.17, 15) is 14.4 Å². The van der Waals surface area contributed by atoms with Gasteiger partial charge in [0, 0.05) is 68.1 Å².